The highest BCUT2D eigenvalue weighted by Gasteiger charge is 2.65. The number of hydrogen-bond acceptors (Lipinski definition) is 3. The van der Waals surface area contributed by atoms with Gasteiger partial charge in [0.15, 0.2) is 0 Å². The van der Waals surface area contributed by atoms with Crippen LogP contribution in [-0.4, -0.2) is 47.4 Å². The van der Waals surface area contributed by atoms with Crippen LogP contribution < -0.4 is 0 Å². The van der Waals surface area contributed by atoms with Crippen molar-refractivity contribution in [3.05, 3.63) is 0 Å². The van der Waals surface area contributed by atoms with Crippen molar-refractivity contribution in [2.45, 2.75) is 96.0 Å². The largest absolute Gasteiger partial charge is 0.391 e. The second-order valence-corrected chi connectivity index (χ2v) is 11.3. The van der Waals surface area contributed by atoms with Gasteiger partial charge in [-0.05, 0) is 105 Å². The number of likely N-dealkylation sites (tertiary alicyclic amines) is 1. The third-order valence-corrected chi connectivity index (χ3v) is 10.5. The Morgan fingerprint density at radius 2 is 1.73 bits per heavy atom. The molecular formula is C23H37NO2. The van der Waals surface area contributed by atoms with Crippen LogP contribution in [0.25, 0.3) is 0 Å². The van der Waals surface area contributed by atoms with Crippen molar-refractivity contribution in [2.75, 3.05) is 13.1 Å². The van der Waals surface area contributed by atoms with Gasteiger partial charge in [0.1, 0.15) is 0 Å². The van der Waals surface area contributed by atoms with Gasteiger partial charge in [0.2, 0.25) is 0 Å². The molecule has 5 unspecified atom stereocenters. The van der Waals surface area contributed by atoms with Crippen molar-refractivity contribution in [1.82, 2.24) is 4.90 Å². The molecule has 3 nitrogen and oxygen atoms in total. The molecule has 1 N–H and O–H groups in total. The molecule has 10 atom stereocenters. The number of epoxide rings is 1. The molecule has 0 aromatic carbocycles. The molecule has 0 aromatic rings. The van der Waals surface area contributed by atoms with Crippen LogP contribution >= 0.6 is 0 Å². The summed E-state index contributed by atoms with van der Waals surface area (Å²) in [6.07, 6.45) is 13.1. The van der Waals surface area contributed by atoms with E-state index in [4.69, 9.17) is 4.74 Å². The molecule has 2 saturated heterocycles. The lowest BCUT2D eigenvalue weighted by molar-refractivity contribution is -0.119. The van der Waals surface area contributed by atoms with Gasteiger partial charge in [0, 0.05) is 6.04 Å². The van der Waals surface area contributed by atoms with E-state index < -0.39 is 0 Å². The summed E-state index contributed by atoms with van der Waals surface area (Å²) in [6.45, 7) is 7.51. The average molecular weight is 360 g/mol. The standard InChI is InChI=1S/C23H37NO2/c1-22-8-7-16-15(6-5-14-11-19-20(26-19)13-23(14,16)2)17(22)12-18(21(22)25)24-9-3-4-10-24/h14-21,25H,3-13H2,1-2H3/t14?,15-,16-,17+,18?,19?,20?,21?,22+,23+/m1/s1. The smallest absolute Gasteiger partial charge is 0.0847 e. The third-order valence-electron chi connectivity index (χ3n) is 10.5. The first kappa shape index (κ1) is 16.8. The highest BCUT2D eigenvalue weighted by molar-refractivity contribution is 5.15. The Morgan fingerprint density at radius 3 is 2.54 bits per heavy atom. The molecule has 0 spiro atoms. The van der Waals surface area contributed by atoms with Crippen molar-refractivity contribution in [3.63, 3.8) is 0 Å². The number of fused-ring (bicyclic) bond motifs is 6. The number of nitrogens with zero attached hydrogens (tertiary/aromatic N) is 1. The van der Waals surface area contributed by atoms with E-state index in [0.717, 1.165) is 23.7 Å². The molecule has 2 heterocycles. The Hall–Kier alpha value is -0.120. The van der Waals surface area contributed by atoms with Crippen molar-refractivity contribution in [2.24, 2.45) is 34.5 Å². The van der Waals surface area contributed by atoms with Crippen LogP contribution in [-0.2, 0) is 4.74 Å². The van der Waals surface area contributed by atoms with Gasteiger partial charge in [-0.25, -0.2) is 0 Å². The van der Waals surface area contributed by atoms with E-state index >= 15 is 0 Å². The van der Waals surface area contributed by atoms with Crippen LogP contribution in [0.1, 0.15) is 71.6 Å². The maximum absolute atomic E-state index is 11.4. The van der Waals surface area contributed by atoms with Gasteiger partial charge >= 0.3 is 0 Å². The van der Waals surface area contributed by atoms with Crippen LogP contribution in [0.2, 0.25) is 0 Å². The fraction of sp³-hybridized carbons (Fsp3) is 1.00. The zero-order valence-corrected chi connectivity index (χ0v) is 16.7. The summed E-state index contributed by atoms with van der Waals surface area (Å²) in [5.74, 6) is 3.39. The first-order valence-electron chi connectivity index (χ1n) is 11.6. The van der Waals surface area contributed by atoms with Gasteiger partial charge in [-0.3, -0.25) is 4.90 Å². The summed E-state index contributed by atoms with van der Waals surface area (Å²) in [6, 6.07) is 0.444. The summed E-state index contributed by atoms with van der Waals surface area (Å²) in [5.41, 5.74) is 0.684. The molecule has 0 aromatic heterocycles. The van der Waals surface area contributed by atoms with E-state index in [2.05, 4.69) is 18.7 Å². The molecule has 6 aliphatic rings. The zero-order chi connectivity index (χ0) is 17.7. The van der Waals surface area contributed by atoms with E-state index in [1.54, 1.807) is 0 Å². The average Bonchev–Trinajstić information content (AvgIpc) is 3.02. The van der Waals surface area contributed by atoms with Crippen molar-refractivity contribution in [1.29, 1.82) is 0 Å². The third kappa shape index (κ3) is 2.12. The lowest BCUT2D eigenvalue weighted by Crippen LogP contribution is -2.54. The fourth-order valence-corrected chi connectivity index (χ4v) is 8.93. The number of aliphatic hydroxyl groups is 1. The molecule has 4 saturated carbocycles. The van der Waals surface area contributed by atoms with Gasteiger partial charge in [0.25, 0.3) is 0 Å². The summed E-state index contributed by atoms with van der Waals surface area (Å²) < 4.78 is 5.98. The van der Waals surface area contributed by atoms with Crippen LogP contribution in [0.5, 0.6) is 0 Å². The van der Waals surface area contributed by atoms with Crippen LogP contribution in [0.4, 0.5) is 0 Å². The SMILES string of the molecule is C[C@]12CC3OC3CC1CC[C@@H]1[C@H]2CC[C@]2(C)C(O)C(N3CCCC3)C[C@@H]12. The predicted octanol–water partition coefficient (Wildman–Crippen LogP) is 3.84. The Morgan fingerprint density at radius 1 is 0.923 bits per heavy atom. The molecule has 4 aliphatic carbocycles. The topological polar surface area (TPSA) is 36.0 Å². The quantitative estimate of drug-likeness (QED) is 0.723. The molecule has 6 fully saturated rings. The predicted molar refractivity (Wildman–Crippen MR) is 102 cm³/mol. The van der Waals surface area contributed by atoms with E-state index in [0.29, 0.717) is 23.7 Å². The van der Waals surface area contributed by atoms with Crippen LogP contribution in [0.3, 0.4) is 0 Å². The monoisotopic (exact) mass is 359 g/mol. The fourth-order valence-electron chi connectivity index (χ4n) is 8.93. The minimum atomic E-state index is -0.0976. The molecule has 0 radical (unpaired) electrons. The van der Waals surface area contributed by atoms with Crippen LogP contribution in [0.15, 0.2) is 0 Å². The maximum atomic E-state index is 11.4. The lowest BCUT2D eigenvalue weighted by atomic mass is 9.45. The molecule has 3 heteroatoms. The molecule has 26 heavy (non-hydrogen) atoms. The molecule has 2 aliphatic heterocycles. The molecule has 146 valence electrons. The Balaban J connectivity index is 1.29. The highest BCUT2D eigenvalue weighted by atomic mass is 16.6. The summed E-state index contributed by atoms with van der Waals surface area (Å²) >= 11 is 0. The van der Waals surface area contributed by atoms with E-state index in [-0.39, 0.29) is 11.5 Å². The lowest BCUT2D eigenvalue weighted by Gasteiger charge is -2.59. The summed E-state index contributed by atoms with van der Waals surface area (Å²) in [4.78, 5) is 2.64. The zero-order valence-electron chi connectivity index (χ0n) is 16.7. The molecule has 6 rings (SSSR count). The van der Waals surface area contributed by atoms with Gasteiger partial charge in [0.05, 0.1) is 18.3 Å². The molecule has 0 amide bonds. The highest BCUT2D eigenvalue weighted by Crippen LogP contribution is 2.68. The summed E-state index contributed by atoms with van der Waals surface area (Å²) in [7, 11) is 0. The Kier molecular flexibility index (Phi) is 3.54. The van der Waals surface area contributed by atoms with Crippen LogP contribution in [0, 0.1) is 34.5 Å². The van der Waals surface area contributed by atoms with Gasteiger partial charge in [-0.1, -0.05) is 13.8 Å². The van der Waals surface area contributed by atoms with Gasteiger partial charge in [-0.15, -0.1) is 0 Å². The number of rotatable bonds is 1. The number of aliphatic hydroxyl groups excluding tert-OH is 1. The van der Waals surface area contributed by atoms with E-state index in [9.17, 15) is 5.11 Å². The first-order valence-corrected chi connectivity index (χ1v) is 11.6. The normalized spacial score (nSPS) is 61.5. The maximum Gasteiger partial charge on any atom is 0.0847 e. The second-order valence-electron chi connectivity index (χ2n) is 11.3. The second kappa shape index (κ2) is 5.48. The van der Waals surface area contributed by atoms with E-state index in [1.165, 1.54) is 70.9 Å². The number of hydrogen-bond donors (Lipinski definition) is 1. The Labute approximate surface area is 158 Å². The summed E-state index contributed by atoms with van der Waals surface area (Å²) in [5, 5.41) is 11.4. The first-order chi connectivity index (χ1) is 12.5. The minimum absolute atomic E-state index is 0.0976. The van der Waals surface area contributed by atoms with Crippen molar-refractivity contribution in [3.8, 4) is 0 Å². The van der Waals surface area contributed by atoms with Crippen molar-refractivity contribution < 1.29 is 9.84 Å². The van der Waals surface area contributed by atoms with Gasteiger partial charge in [-0.2, -0.15) is 0 Å². The van der Waals surface area contributed by atoms with Gasteiger partial charge < -0.3 is 9.84 Å². The minimum Gasteiger partial charge on any atom is -0.391 e. The van der Waals surface area contributed by atoms with E-state index in [1.807, 2.05) is 0 Å². The molecular weight excluding hydrogens is 322 g/mol. The molecule has 0 bridgehead atoms. The van der Waals surface area contributed by atoms with Crippen molar-refractivity contribution >= 4 is 0 Å². The Bertz CT molecular complexity index is 589. The number of ether oxygens (including phenoxy) is 1.